The lowest BCUT2D eigenvalue weighted by Crippen LogP contribution is -2.38. The predicted molar refractivity (Wildman–Crippen MR) is 82.8 cm³/mol. The molecule has 0 amide bonds. The van der Waals surface area contributed by atoms with Crippen LogP contribution in [0.4, 0.5) is 0 Å². The van der Waals surface area contributed by atoms with Crippen molar-refractivity contribution in [2.45, 2.75) is 26.1 Å². The molecule has 0 aromatic heterocycles. The normalized spacial score (nSPS) is 12.8. The van der Waals surface area contributed by atoms with Crippen molar-refractivity contribution in [3.63, 3.8) is 0 Å². The van der Waals surface area contributed by atoms with Gasteiger partial charge in [0.1, 0.15) is 0 Å². The van der Waals surface area contributed by atoms with Gasteiger partial charge in [-0.1, -0.05) is 24.3 Å². The van der Waals surface area contributed by atoms with Crippen molar-refractivity contribution in [1.82, 2.24) is 10.2 Å². The Morgan fingerprint density at radius 1 is 1.20 bits per heavy atom. The second-order valence-electron chi connectivity index (χ2n) is 5.12. The maximum Gasteiger partial charge on any atom is 0.0615 e. The first-order valence-electron chi connectivity index (χ1n) is 7.15. The van der Waals surface area contributed by atoms with Gasteiger partial charge in [-0.2, -0.15) is 0 Å². The quantitative estimate of drug-likeness (QED) is 0.709. The molecule has 0 spiro atoms. The Labute approximate surface area is 123 Å². The van der Waals surface area contributed by atoms with Crippen molar-refractivity contribution < 1.29 is 9.47 Å². The fourth-order valence-electron chi connectivity index (χ4n) is 2.29. The van der Waals surface area contributed by atoms with Crippen LogP contribution in [-0.4, -0.2) is 52.0 Å². The first-order valence-corrected chi connectivity index (χ1v) is 7.15. The molecule has 20 heavy (non-hydrogen) atoms. The summed E-state index contributed by atoms with van der Waals surface area (Å²) >= 11 is 0. The Morgan fingerprint density at radius 3 is 2.60 bits per heavy atom. The summed E-state index contributed by atoms with van der Waals surface area (Å²) in [5.41, 5.74) is 2.65. The molecule has 1 N–H and O–H groups in total. The topological polar surface area (TPSA) is 33.7 Å². The van der Waals surface area contributed by atoms with E-state index in [1.807, 2.05) is 7.05 Å². The maximum atomic E-state index is 5.27. The second-order valence-corrected chi connectivity index (χ2v) is 5.12. The van der Waals surface area contributed by atoms with E-state index < -0.39 is 0 Å². The molecule has 1 aromatic carbocycles. The first-order chi connectivity index (χ1) is 9.71. The van der Waals surface area contributed by atoms with Crippen molar-refractivity contribution in [2.75, 3.05) is 41.0 Å². The summed E-state index contributed by atoms with van der Waals surface area (Å²) < 4.78 is 10.5. The Balaban J connectivity index is 2.69. The zero-order valence-corrected chi connectivity index (χ0v) is 13.2. The van der Waals surface area contributed by atoms with Crippen molar-refractivity contribution in [2.24, 2.45) is 0 Å². The van der Waals surface area contributed by atoms with Gasteiger partial charge in [0.15, 0.2) is 0 Å². The highest BCUT2D eigenvalue weighted by Crippen LogP contribution is 2.11. The van der Waals surface area contributed by atoms with Crippen LogP contribution in [0, 0.1) is 0 Å². The third-order valence-electron chi connectivity index (χ3n) is 3.37. The van der Waals surface area contributed by atoms with Gasteiger partial charge < -0.3 is 14.8 Å². The summed E-state index contributed by atoms with van der Waals surface area (Å²) in [6.07, 6.45) is 0. The number of ether oxygens (including phenoxy) is 2. The van der Waals surface area contributed by atoms with Gasteiger partial charge in [-0.3, -0.25) is 4.90 Å². The predicted octanol–water partition coefficient (Wildman–Crippen LogP) is 1.89. The van der Waals surface area contributed by atoms with Crippen LogP contribution in [-0.2, 0) is 22.6 Å². The fourth-order valence-corrected chi connectivity index (χ4v) is 2.29. The number of hydrogen-bond donors (Lipinski definition) is 1. The van der Waals surface area contributed by atoms with Gasteiger partial charge in [-0.05, 0) is 25.1 Å². The monoisotopic (exact) mass is 280 g/mol. The smallest absolute Gasteiger partial charge is 0.0615 e. The third-order valence-corrected chi connectivity index (χ3v) is 3.37. The van der Waals surface area contributed by atoms with Gasteiger partial charge in [0, 0.05) is 39.9 Å². The molecule has 1 unspecified atom stereocenters. The maximum absolute atomic E-state index is 5.27. The van der Waals surface area contributed by atoms with E-state index in [-0.39, 0.29) is 0 Å². The van der Waals surface area contributed by atoms with Crippen LogP contribution in [0.25, 0.3) is 0 Å². The summed E-state index contributed by atoms with van der Waals surface area (Å²) in [6.45, 7) is 6.41. The summed E-state index contributed by atoms with van der Waals surface area (Å²) in [4.78, 5) is 2.39. The van der Waals surface area contributed by atoms with E-state index in [2.05, 4.69) is 41.4 Å². The Hall–Kier alpha value is -0.940. The van der Waals surface area contributed by atoms with Crippen LogP contribution in [0.5, 0.6) is 0 Å². The molecule has 1 rings (SSSR count). The lowest BCUT2D eigenvalue weighted by molar-refractivity contribution is 0.0705. The molecule has 4 nitrogen and oxygen atoms in total. The highest BCUT2D eigenvalue weighted by atomic mass is 16.5. The van der Waals surface area contributed by atoms with Crippen LogP contribution >= 0.6 is 0 Å². The first kappa shape index (κ1) is 17.1. The Morgan fingerprint density at radius 2 is 1.95 bits per heavy atom. The van der Waals surface area contributed by atoms with Crippen molar-refractivity contribution in [3.05, 3.63) is 35.4 Å². The fraction of sp³-hybridized carbons (Fsp3) is 0.625. The van der Waals surface area contributed by atoms with Crippen LogP contribution < -0.4 is 5.32 Å². The molecule has 1 aromatic rings. The number of rotatable bonds is 10. The molecule has 114 valence electrons. The molecule has 1 atom stereocenters. The number of hydrogen-bond acceptors (Lipinski definition) is 4. The van der Waals surface area contributed by atoms with Gasteiger partial charge in [-0.15, -0.1) is 0 Å². The van der Waals surface area contributed by atoms with Crippen LogP contribution in [0.3, 0.4) is 0 Å². The summed E-state index contributed by atoms with van der Waals surface area (Å²) in [5.74, 6) is 0. The molecule has 0 fully saturated rings. The third kappa shape index (κ3) is 6.01. The number of nitrogens with one attached hydrogen (secondary N) is 1. The standard InChI is InChI=1S/C16H28N2O2/c1-14(13-20-4)18(8-9-19-3)12-16-7-5-6-15(10-16)11-17-2/h5-7,10,14,17H,8-9,11-13H2,1-4H3. The minimum atomic E-state index is 0.378. The van der Waals surface area contributed by atoms with E-state index in [9.17, 15) is 0 Å². The molecule has 0 aliphatic rings. The zero-order chi connectivity index (χ0) is 14.8. The van der Waals surface area contributed by atoms with Crippen molar-refractivity contribution in [1.29, 1.82) is 0 Å². The summed E-state index contributed by atoms with van der Waals surface area (Å²) in [7, 11) is 5.46. The molecule has 0 saturated heterocycles. The SMILES string of the molecule is CNCc1cccc(CN(CCOC)C(C)COC)c1. The molecule has 0 saturated carbocycles. The van der Waals surface area contributed by atoms with Crippen LogP contribution in [0.1, 0.15) is 18.1 Å². The van der Waals surface area contributed by atoms with E-state index in [4.69, 9.17) is 9.47 Å². The Kier molecular flexibility index (Phi) is 8.46. The van der Waals surface area contributed by atoms with Crippen molar-refractivity contribution in [3.8, 4) is 0 Å². The molecule has 4 heteroatoms. The minimum absolute atomic E-state index is 0.378. The van der Waals surface area contributed by atoms with Crippen LogP contribution in [0.15, 0.2) is 24.3 Å². The summed E-state index contributed by atoms with van der Waals surface area (Å²) in [5, 5.41) is 3.19. The van der Waals surface area contributed by atoms with E-state index in [0.717, 1.165) is 32.8 Å². The van der Waals surface area contributed by atoms with E-state index in [1.54, 1.807) is 14.2 Å². The lowest BCUT2D eigenvalue weighted by Gasteiger charge is -2.28. The van der Waals surface area contributed by atoms with E-state index in [0.29, 0.717) is 6.04 Å². The molecule has 0 aliphatic heterocycles. The van der Waals surface area contributed by atoms with Gasteiger partial charge in [-0.25, -0.2) is 0 Å². The largest absolute Gasteiger partial charge is 0.383 e. The molecule has 0 heterocycles. The van der Waals surface area contributed by atoms with Gasteiger partial charge >= 0.3 is 0 Å². The molecule has 0 bridgehead atoms. The molecular formula is C16H28N2O2. The zero-order valence-electron chi connectivity index (χ0n) is 13.2. The van der Waals surface area contributed by atoms with E-state index in [1.165, 1.54) is 11.1 Å². The van der Waals surface area contributed by atoms with E-state index >= 15 is 0 Å². The van der Waals surface area contributed by atoms with Gasteiger partial charge in [0.05, 0.1) is 13.2 Å². The van der Waals surface area contributed by atoms with Gasteiger partial charge in [0.2, 0.25) is 0 Å². The summed E-state index contributed by atoms with van der Waals surface area (Å²) in [6, 6.07) is 9.09. The molecule has 0 aliphatic carbocycles. The molecular weight excluding hydrogens is 252 g/mol. The minimum Gasteiger partial charge on any atom is -0.383 e. The highest BCUT2D eigenvalue weighted by molar-refractivity contribution is 5.23. The molecule has 0 radical (unpaired) electrons. The highest BCUT2D eigenvalue weighted by Gasteiger charge is 2.14. The average Bonchev–Trinajstić information content (AvgIpc) is 2.44. The number of methoxy groups -OCH3 is 2. The Bertz CT molecular complexity index is 371. The number of nitrogens with zero attached hydrogens (tertiary/aromatic N) is 1. The number of benzene rings is 1. The lowest BCUT2D eigenvalue weighted by atomic mass is 10.1. The van der Waals surface area contributed by atoms with Crippen LogP contribution in [0.2, 0.25) is 0 Å². The average molecular weight is 280 g/mol. The second kappa shape index (κ2) is 9.88. The van der Waals surface area contributed by atoms with Crippen molar-refractivity contribution >= 4 is 0 Å². The van der Waals surface area contributed by atoms with Gasteiger partial charge in [0.25, 0.3) is 0 Å².